The standard InChI is InChI=1S/C16H18N2OS/c1-12-2-8-15(9-3-12)18-16(19)11-20-10-13-4-6-14(17)7-5-13/h2-9H,10-11,17H2,1H3,(H,18,19). The Morgan fingerprint density at radius 2 is 1.75 bits per heavy atom. The Morgan fingerprint density at radius 1 is 1.10 bits per heavy atom. The normalized spacial score (nSPS) is 10.2. The van der Waals surface area contributed by atoms with E-state index in [-0.39, 0.29) is 5.91 Å². The maximum atomic E-state index is 11.8. The summed E-state index contributed by atoms with van der Waals surface area (Å²) in [6.07, 6.45) is 0. The van der Waals surface area contributed by atoms with E-state index in [0.717, 1.165) is 17.1 Å². The number of nitrogen functional groups attached to an aromatic ring is 1. The van der Waals surface area contributed by atoms with Crippen molar-refractivity contribution in [3.8, 4) is 0 Å². The summed E-state index contributed by atoms with van der Waals surface area (Å²) in [7, 11) is 0. The monoisotopic (exact) mass is 286 g/mol. The van der Waals surface area contributed by atoms with Crippen LogP contribution in [0.2, 0.25) is 0 Å². The molecular weight excluding hydrogens is 268 g/mol. The van der Waals surface area contributed by atoms with Gasteiger partial charge in [-0.1, -0.05) is 29.8 Å². The molecular formula is C16H18N2OS. The molecule has 0 aliphatic carbocycles. The van der Waals surface area contributed by atoms with Gasteiger partial charge in [0.25, 0.3) is 0 Å². The highest BCUT2D eigenvalue weighted by molar-refractivity contribution is 7.99. The molecule has 0 aliphatic heterocycles. The molecule has 0 saturated carbocycles. The molecule has 0 unspecified atom stereocenters. The number of hydrogen-bond donors (Lipinski definition) is 2. The maximum Gasteiger partial charge on any atom is 0.234 e. The smallest absolute Gasteiger partial charge is 0.234 e. The molecule has 4 heteroatoms. The number of nitrogens with one attached hydrogen (secondary N) is 1. The maximum absolute atomic E-state index is 11.8. The number of hydrogen-bond acceptors (Lipinski definition) is 3. The first-order chi connectivity index (χ1) is 9.63. The number of nitrogens with two attached hydrogens (primary N) is 1. The number of carbonyl (C=O) groups is 1. The Bertz CT molecular complexity index is 564. The summed E-state index contributed by atoms with van der Waals surface area (Å²) in [4.78, 5) is 11.8. The third-order valence-corrected chi connectivity index (χ3v) is 3.82. The van der Waals surface area contributed by atoms with Crippen molar-refractivity contribution < 1.29 is 4.79 Å². The van der Waals surface area contributed by atoms with E-state index in [0.29, 0.717) is 5.75 Å². The summed E-state index contributed by atoms with van der Waals surface area (Å²) in [5.74, 6) is 1.27. The van der Waals surface area contributed by atoms with Crippen LogP contribution in [0.5, 0.6) is 0 Å². The van der Waals surface area contributed by atoms with Gasteiger partial charge in [-0.05, 0) is 36.8 Å². The summed E-state index contributed by atoms with van der Waals surface area (Å²) in [5, 5.41) is 2.88. The highest BCUT2D eigenvalue weighted by Gasteiger charge is 2.03. The number of aryl methyl sites for hydroxylation is 1. The quantitative estimate of drug-likeness (QED) is 0.828. The van der Waals surface area contributed by atoms with Gasteiger partial charge in [-0.3, -0.25) is 4.79 Å². The number of thioether (sulfide) groups is 1. The Morgan fingerprint density at radius 3 is 2.40 bits per heavy atom. The highest BCUT2D eigenvalue weighted by atomic mass is 32.2. The second-order valence-electron chi connectivity index (χ2n) is 4.65. The van der Waals surface area contributed by atoms with Crippen LogP contribution in [0.4, 0.5) is 11.4 Å². The van der Waals surface area contributed by atoms with E-state index >= 15 is 0 Å². The molecule has 0 aromatic heterocycles. The molecule has 0 radical (unpaired) electrons. The average molecular weight is 286 g/mol. The molecule has 0 aliphatic rings. The first-order valence-corrected chi connectivity index (χ1v) is 7.57. The lowest BCUT2D eigenvalue weighted by atomic mass is 10.2. The minimum atomic E-state index is 0.0225. The van der Waals surface area contributed by atoms with Crippen molar-refractivity contribution in [3.05, 3.63) is 59.7 Å². The Balaban J connectivity index is 1.75. The minimum Gasteiger partial charge on any atom is -0.399 e. The molecule has 2 aromatic carbocycles. The molecule has 104 valence electrons. The van der Waals surface area contributed by atoms with Gasteiger partial charge < -0.3 is 11.1 Å². The fourth-order valence-corrected chi connectivity index (χ4v) is 2.50. The Kier molecular flexibility index (Phi) is 5.07. The summed E-state index contributed by atoms with van der Waals surface area (Å²) < 4.78 is 0. The second kappa shape index (κ2) is 7.01. The first-order valence-electron chi connectivity index (χ1n) is 6.42. The molecule has 0 heterocycles. The molecule has 0 spiro atoms. The lowest BCUT2D eigenvalue weighted by Crippen LogP contribution is -2.14. The van der Waals surface area contributed by atoms with Gasteiger partial charge >= 0.3 is 0 Å². The van der Waals surface area contributed by atoms with Crippen LogP contribution in [0.1, 0.15) is 11.1 Å². The third-order valence-electron chi connectivity index (χ3n) is 2.82. The summed E-state index contributed by atoms with van der Waals surface area (Å²) >= 11 is 1.59. The number of anilines is 2. The predicted octanol–water partition coefficient (Wildman–Crippen LogP) is 3.45. The molecule has 0 fully saturated rings. The van der Waals surface area contributed by atoms with Crippen molar-refractivity contribution in [2.45, 2.75) is 12.7 Å². The highest BCUT2D eigenvalue weighted by Crippen LogP contribution is 2.15. The van der Waals surface area contributed by atoms with E-state index in [1.807, 2.05) is 55.5 Å². The van der Waals surface area contributed by atoms with Crippen LogP contribution in [0, 0.1) is 6.92 Å². The van der Waals surface area contributed by atoms with Gasteiger partial charge in [0.15, 0.2) is 0 Å². The number of carbonyl (C=O) groups excluding carboxylic acids is 1. The first kappa shape index (κ1) is 14.5. The van der Waals surface area contributed by atoms with Gasteiger partial charge in [-0.15, -0.1) is 11.8 Å². The molecule has 3 N–H and O–H groups in total. The van der Waals surface area contributed by atoms with Gasteiger partial charge in [0.2, 0.25) is 5.91 Å². The van der Waals surface area contributed by atoms with Crippen LogP contribution >= 0.6 is 11.8 Å². The van der Waals surface area contributed by atoms with E-state index < -0.39 is 0 Å². The fourth-order valence-electron chi connectivity index (χ4n) is 1.71. The third kappa shape index (κ3) is 4.63. The van der Waals surface area contributed by atoms with Crippen LogP contribution in [-0.4, -0.2) is 11.7 Å². The molecule has 3 nitrogen and oxygen atoms in total. The van der Waals surface area contributed by atoms with Crippen molar-refractivity contribution in [3.63, 3.8) is 0 Å². The molecule has 2 rings (SSSR count). The molecule has 0 saturated heterocycles. The Hall–Kier alpha value is -1.94. The van der Waals surface area contributed by atoms with Gasteiger partial charge in [0, 0.05) is 17.1 Å². The lowest BCUT2D eigenvalue weighted by Gasteiger charge is -2.06. The zero-order chi connectivity index (χ0) is 14.4. The van der Waals surface area contributed by atoms with Crippen molar-refractivity contribution in [1.82, 2.24) is 0 Å². The SMILES string of the molecule is Cc1ccc(NC(=O)CSCc2ccc(N)cc2)cc1. The summed E-state index contributed by atoms with van der Waals surface area (Å²) in [5.41, 5.74) is 9.59. The van der Waals surface area contributed by atoms with Crippen molar-refractivity contribution in [1.29, 1.82) is 0 Å². The molecule has 0 bridgehead atoms. The topological polar surface area (TPSA) is 55.1 Å². The molecule has 2 aromatic rings. The fraction of sp³-hybridized carbons (Fsp3) is 0.188. The number of amides is 1. The van der Waals surface area contributed by atoms with Crippen LogP contribution in [0.15, 0.2) is 48.5 Å². The van der Waals surface area contributed by atoms with Crippen LogP contribution in [0.3, 0.4) is 0 Å². The van der Waals surface area contributed by atoms with E-state index in [2.05, 4.69) is 5.32 Å². The molecule has 0 atom stereocenters. The Labute approximate surface area is 123 Å². The van der Waals surface area contributed by atoms with Crippen molar-refractivity contribution in [2.24, 2.45) is 0 Å². The van der Waals surface area contributed by atoms with E-state index in [1.54, 1.807) is 11.8 Å². The number of benzene rings is 2. The zero-order valence-electron chi connectivity index (χ0n) is 11.4. The second-order valence-corrected chi connectivity index (χ2v) is 5.63. The van der Waals surface area contributed by atoms with Crippen LogP contribution < -0.4 is 11.1 Å². The van der Waals surface area contributed by atoms with Gasteiger partial charge in [0.05, 0.1) is 5.75 Å². The van der Waals surface area contributed by atoms with E-state index in [4.69, 9.17) is 5.73 Å². The van der Waals surface area contributed by atoms with Crippen molar-refractivity contribution in [2.75, 3.05) is 16.8 Å². The lowest BCUT2D eigenvalue weighted by molar-refractivity contribution is -0.113. The van der Waals surface area contributed by atoms with Crippen molar-refractivity contribution >= 4 is 29.0 Å². The minimum absolute atomic E-state index is 0.0225. The van der Waals surface area contributed by atoms with E-state index in [1.165, 1.54) is 11.1 Å². The van der Waals surface area contributed by atoms with E-state index in [9.17, 15) is 4.79 Å². The van der Waals surface area contributed by atoms with Crippen LogP contribution in [0.25, 0.3) is 0 Å². The average Bonchev–Trinajstić information content (AvgIpc) is 2.44. The van der Waals surface area contributed by atoms with Gasteiger partial charge in [-0.2, -0.15) is 0 Å². The largest absolute Gasteiger partial charge is 0.399 e. The zero-order valence-corrected chi connectivity index (χ0v) is 12.2. The summed E-state index contributed by atoms with van der Waals surface area (Å²) in [6.45, 7) is 2.02. The summed E-state index contributed by atoms with van der Waals surface area (Å²) in [6, 6.07) is 15.5. The predicted molar refractivity (Wildman–Crippen MR) is 86.8 cm³/mol. The number of rotatable bonds is 5. The van der Waals surface area contributed by atoms with Gasteiger partial charge in [-0.25, -0.2) is 0 Å². The molecule has 1 amide bonds. The van der Waals surface area contributed by atoms with Gasteiger partial charge in [0.1, 0.15) is 0 Å². The molecule has 20 heavy (non-hydrogen) atoms. The van der Waals surface area contributed by atoms with Crippen LogP contribution in [-0.2, 0) is 10.5 Å².